The van der Waals surface area contributed by atoms with Gasteiger partial charge in [0.1, 0.15) is 11.4 Å². The number of amides is 1. The molecule has 130 valence electrons. The van der Waals surface area contributed by atoms with Gasteiger partial charge in [-0.1, -0.05) is 0 Å². The lowest BCUT2D eigenvalue weighted by Gasteiger charge is -2.35. The molecule has 5 nitrogen and oxygen atoms in total. The summed E-state index contributed by atoms with van der Waals surface area (Å²) in [7, 11) is 1.85. The molecule has 1 fully saturated rings. The van der Waals surface area contributed by atoms with Crippen LogP contribution in [0.5, 0.6) is 0 Å². The predicted octanol–water partition coefficient (Wildman–Crippen LogP) is 3.86. The molecular formula is C18H30N2O3. The SMILES string of the molecule is Cc1ccoc1CNC1CCC(N(C)C(=O)OC(C)(C)C)CC1. The van der Waals surface area contributed by atoms with E-state index in [0.717, 1.165) is 38.0 Å². The summed E-state index contributed by atoms with van der Waals surface area (Å²) in [5, 5.41) is 3.56. The first kappa shape index (κ1) is 17.9. The van der Waals surface area contributed by atoms with Gasteiger partial charge in [-0.25, -0.2) is 4.79 Å². The zero-order valence-electron chi connectivity index (χ0n) is 15.0. The van der Waals surface area contributed by atoms with Crippen molar-refractivity contribution in [3.05, 3.63) is 23.7 Å². The van der Waals surface area contributed by atoms with Crippen LogP contribution in [0.2, 0.25) is 0 Å². The molecule has 0 aliphatic heterocycles. The van der Waals surface area contributed by atoms with E-state index in [-0.39, 0.29) is 12.1 Å². The summed E-state index contributed by atoms with van der Waals surface area (Å²) in [4.78, 5) is 13.9. The van der Waals surface area contributed by atoms with Gasteiger partial charge in [0, 0.05) is 19.1 Å². The maximum Gasteiger partial charge on any atom is 0.410 e. The summed E-state index contributed by atoms with van der Waals surface area (Å²) in [5.41, 5.74) is 0.751. The van der Waals surface area contributed by atoms with Gasteiger partial charge in [0.25, 0.3) is 0 Å². The third kappa shape index (κ3) is 5.27. The lowest BCUT2D eigenvalue weighted by atomic mass is 9.90. The third-order valence-electron chi connectivity index (χ3n) is 4.45. The van der Waals surface area contributed by atoms with Crippen LogP contribution < -0.4 is 5.32 Å². The van der Waals surface area contributed by atoms with Gasteiger partial charge in [-0.2, -0.15) is 0 Å². The topological polar surface area (TPSA) is 54.7 Å². The molecule has 0 saturated heterocycles. The predicted molar refractivity (Wildman–Crippen MR) is 90.3 cm³/mol. The monoisotopic (exact) mass is 322 g/mol. The minimum Gasteiger partial charge on any atom is -0.468 e. The lowest BCUT2D eigenvalue weighted by Crippen LogP contribution is -2.44. The lowest BCUT2D eigenvalue weighted by molar-refractivity contribution is 0.0179. The van der Waals surface area contributed by atoms with Crippen molar-refractivity contribution in [2.24, 2.45) is 0 Å². The number of carbonyl (C=O) groups excluding carboxylic acids is 1. The average molecular weight is 322 g/mol. The molecule has 2 rings (SSSR count). The van der Waals surface area contributed by atoms with E-state index >= 15 is 0 Å². The van der Waals surface area contributed by atoms with E-state index in [0.29, 0.717) is 6.04 Å². The van der Waals surface area contributed by atoms with Crippen LogP contribution in [0.1, 0.15) is 57.8 Å². The quantitative estimate of drug-likeness (QED) is 0.914. The second-order valence-corrected chi connectivity index (χ2v) is 7.50. The molecule has 1 aromatic heterocycles. The summed E-state index contributed by atoms with van der Waals surface area (Å²) in [6.07, 6.45) is 5.66. The van der Waals surface area contributed by atoms with Crippen molar-refractivity contribution >= 4 is 6.09 Å². The van der Waals surface area contributed by atoms with Crippen LogP contribution in [0.15, 0.2) is 16.7 Å². The molecule has 1 amide bonds. The van der Waals surface area contributed by atoms with Crippen LogP contribution in [-0.4, -0.2) is 35.7 Å². The fourth-order valence-electron chi connectivity index (χ4n) is 2.97. The Kier molecular flexibility index (Phi) is 5.74. The van der Waals surface area contributed by atoms with Crippen molar-refractivity contribution in [3.8, 4) is 0 Å². The summed E-state index contributed by atoms with van der Waals surface area (Å²) in [6, 6.07) is 2.75. The van der Waals surface area contributed by atoms with Crippen LogP contribution in [-0.2, 0) is 11.3 Å². The smallest absolute Gasteiger partial charge is 0.410 e. The minimum absolute atomic E-state index is 0.222. The van der Waals surface area contributed by atoms with Crippen LogP contribution >= 0.6 is 0 Å². The van der Waals surface area contributed by atoms with E-state index in [4.69, 9.17) is 9.15 Å². The summed E-state index contributed by atoms with van der Waals surface area (Å²) in [6.45, 7) is 8.53. The van der Waals surface area contributed by atoms with Gasteiger partial charge in [0.2, 0.25) is 0 Å². The molecule has 1 aliphatic rings. The Balaban J connectivity index is 1.75. The number of furan rings is 1. The second kappa shape index (κ2) is 7.39. The zero-order chi connectivity index (χ0) is 17.0. The van der Waals surface area contributed by atoms with Gasteiger partial charge >= 0.3 is 6.09 Å². The normalized spacial score (nSPS) is 22.0. The van der Waals surface area contributed by atoms with E-state index < -0.39 is 5.60 Å². The Morgan fingerprint density at radius 1 is 1.35 bits per heavy atom. The number of ether oxygens (including phenoxy) is 1. The highest BCUT2D eigenvalue weighted by Gasteiger charge is 2.29. The molecule has 23 heavy (non-hydrogen) atoms. The number of hydrogen-bond acceptors (Lipinski definition) is 4. The molecule has 1 aliphatic carbocycles. The molecular weight excluding hydrogens is 292 g/mol. The largest absolute Gasteiger partial charge is 0.468 e. The Morgan fingerprint density at radius 3 is 2.52 bits per heavy atom. The summed E-state index contributed by atoms with van der Waals surface area (Å²) >= 11 is 0. The molecule has 1 N–H and O–H groups in total. The molecule has 0 bridgehead atoms. The first-order valence-electron chi connectivity index (χ1n) is 8.48. The van der Waals surface area contributed by atoms with E-state index in [1.807, 2.05) is 33.9 Å². The number of nitrogens with one attached hydrogen (secondary N) is 1. The maximum atomic E-state index is 12.1. The van der Waals surface area contributed by atoms with Crippen molar-refractivity contribution in [2.75, 3.05) is 7.05 Å². The molecule has 1 aromatic rings. The van der Waals surface area contributed by atoms with Gasteiger partial charge in [-0.15, -0.1) is 0 Å². The fourth-order valence-corrected chi connectivity index (χ4v) is 2.97. The van der Waals surface area contributed by atoms with Crippen LogP contribution in [0.25, 0.3) is 0 Å². The van der Waals surface area contributed by atoms with E-state index in [9.17, 15) is 4.79 Å². The van der Waals surface area contributed by atoms with E-state index in [1.165, 1.54) is 5.56 Å². The molecule has 5 heteroatoms. The van der Waals surface area contributed by atoms with Crippen molar-refractivity contribution in [1.82, 2.24) is 10.2 Å². The van der Waals surface area contributed by atoms with Crippen LogP contribution in [0.4, 0.5) is 4.79 Å². The van der Waals surface area contributed by atoms with Gasteiger partial charge in [0.15, 0.2) is 0 Å². The molecule has 1 saturated carbocycles. The Bertz CT molecular complexity index is 511. The third-order valence-corrected chi connectivity index (χ3v) is 4.45. The van der Waals surface area contributed by atoms with Crippen molar-refractivity contribution in [1.29, 1.82) is 0 Å². The zero-order valence-corrected chi connectivity index (χ0v) is 15.0. The summed E-state index contributed by atoms with van der Waals surface area (Å²) < 4.78 is 10.9. The average Bonchev–Trinajstić information content (AvgIpc) is 2.88. The molecule has 0 atom stereocenters. The molecule has 1 heterocycles. The molecule has 0 spiro atoms. The van der Waals surface area contributed by atoms with Crippen LogP contribution in [0.3, 0.4) is 0 Å². The van der Waals surface area contributed by atoms with Crippen molar-refractivity contribution < 1.29 is 13.9 Å². The van der Waals surface area contributed by atoms with Gasteiger partial charge in [0.05, 0.1) is 12.8 Å². The van der Waals surface area contributed by atoms with Gasteiger partial charge in [-0.05, 0) is 65.0 Å². The second-order valence-electron chi connectivity index (χ2n) is 7.50. The Labute approximate surface area is 139 Å². The minimum atomic E-state index is -0.439. The summed E-state index contributed by atoms with van der Waals surface area (Å²) in [5.74, 6) is 1.01. The standard InChI is InChI=1S/C18H30N2O3/c1-13-10-11-22-16(13)12-19-14-6-8-15(9-7-14)20(5)17(21)23-18(2,3)4/h10-11,14-15,19H,6-9,12H2,1-5H3. The highest BCUT2D eigenvalue weighted by molar-refractivity contribution is 5.68. The highest BCUT2D eigenvalue weighted by atomic mass is 16.6. The molecule has 0 radical (unpaired) electrons. The van der Waals surface area contributed by atoms with Gasteiger partial charge < -0.3 is 19.4 Å². The Hall–Kier alpha value is -1.49. The fraction of sp³-hybridized carbons (Fsp3) is 0.722. The van der Waals surface area contributed by atoms with Gasteiger partial charge in [-0.3, -0.25) is 0 Å². The molecule has 0 unspecified atom stereocenters. The first-order valence-corrected chi connectivity index (χ1v) is 8.48. The maximum absolute atomic E-state index is 12.1. The number of aryl methyl sites for hydroxylation is 1. The number of hydrogen-bond donors (Lipinski definition) is 1. The number of rotatable bonds is 4. The molecule has 0 aromatic carbocycles. The number of carbonyl (C=O) groups is 1. The van der Waals surface area contributed by atoms with Crippen molar-refractivity contribution in [2.45, 2.75) is 77.6 Å². The van der Waals surface area contributed by atoms with E-state index in [1.54, 1.807) is 11.2 Å². The number of nitrogens with zero attached hydrogens (tertiary/aromatic N) is 1. The van der Waals surface area contributed by atoms with Crippen molar-refractivity contribution in [3.63, 3.8) is 0 Å². The Morgan fingerprint density at radius 2 is 2.00 bits per heavy atom. The van der Waals surface area contributed by atoms with E-state index in [2.05, 4.69) is 12.2 Å². The van der Waals surface area contributed by atoms with Crippen LogP contribution in [0, 0.1) is 6.92 Å². The highest BCUT2D eigenvalue weighted by Crippen LogP contribution is 2.24. The first-order chi connectivity index (χ1) is 10.8.